The number of piperazine rings is 1. The van der Waals surface area contributed by atoms with Crippen LogP contribution in [0.4, 0.5) is 0 Å². The molecule has 0 saturated carbocycles. The molecule has 1 aliphatic rings. The number of hydrogen-bond donors (Lipinski definition) is 1. The molecule has 1 heterocycles. The zero-order valence-electron chi connectivity index (χ0n) is 12.3. The summed E-state index contributed by atoms with van der Waals surface area (Å²) >= 11 is 0. The third kappa shape index (κ3) is 7.13. The molecule has 0 aromatic rings. The van der Waals surface area contributed by atoms with Gasteiger partial charge in [-0.2, -0.15) is 0 Å². The summed E-state index contributed by atoms with van der Waals surface area (Å²) in [5, 5.41) is 2.90. The molecule has 1 rings (SSSR count). The van der Waals surface area contributed by atoms with Crippen LogP contribution >= 0.6 is 0 Å². The molecule has 1 saturated heterocycles. The van der Waals surface area contributed by atoms with Gasteiger partial charge in [-0.05, 0) is 26.4 Å². The highest BCUT2D eigenvalue weighted by molar-refractivity contribution is 5.87. The lowest BCUT2D eigenvalue weighted by Gasteiger charge is -2.33. The zero-order chi connectivity index (χ0) is 13.9. The summed E-state index contributed by atoms with van der Waals surface area (Å²) in [6.07, 6.45) is 8.11. The van der Waals surface area contributed by atoms with Gasteiger partial charge in [0.05, 0.1) is 0 Å². The minimum atomic E-state index is -0.00565. The average molecular weight is 265 g/mol. The molecule has 0 aromatic heterocycles. The second kappa shape index (κ2) is 9.75. The molecule has 4 nitrogen and oxygen atoms in total. The third-order valence-electron chi connectivity index (χ3n) is 3.41. The summed E-state index contributed by atoms with van der Waals surface area (Å²) in [6, 6.07) is 0. The molecule has 19 heavy (non-hydrogen) atoms. The van der Waals surface area contributed by atoms with Gasteiger partial charge >= 0.3 is 0 Å². The number of carbonyl (C=O) groups is 1. The number of allylic oxidation sites excluding steroid dienone is 3. The molecule has 0 unspecified atom stereocenters. The van der Waals surface area contributed by atoms with Crippen LogP contribution in [0.15, 0.2) is 24.3 Å². The van der Waals surface area contributed by atoms with Gasteiger partial charge in [-0.3, -0.25) is 4.79 Å². The van der Waals surface area contributed by atoms with E-state index in [9.17, 15) is 4.79 Å². The maximum atomic E-state index is 11.4. The number of carbonyl (C=O) groups excluding carboxylic acids is 1. The lowest BCUT2D eigenvalue weighted by Crippen LogP contribution is -2.46. The fourth-order valence-electron chi connectivity index (χ4n) is 2.16. The van der Waals surface area contributed by atoms with Crippen molar-refractivity contribution >= 4 is 5.91 Å². The molecule has 0 atom stereocenters. The maximum absolute atomic E-state index is 11.4. The molecule has 1 aliphatic heterocycles. The Labute approximate surface area is 117 Å². The van der Waals surface area contributed by atoms with Crippen molar-refractivity contribution in [3.05, 3.63) is 24.3 Å². The van der Waals surface area contributed by atoms with Crippen molar-refractivity contribution in [2.24, 2.45) is 0 Å². The van der Waals surface area contributed by atoms with E-state index in [2.05, 4.69) is 22.0 Å². The van der Waals surface area contributed by atoms with Crippen LogP contribution in [-0.2, 0) is 4.79 Å². The Morgan fingerprint density at radius 3 is 2.47 bits per heavy atom. The van der Waals surface area contributed by atoms with Gasteiger partial charge in [0.15, 0.2) is 0 Å². The minimum Gasteiger partial charge on any atom is -0.353 e. The molecule has 4 heteroatoms. The Balaban J connectivity index is 2.03. The number of nitrogens with one attached hydrogen (secondary N) is 1. The fraction of sp³-hybridized carbons (Fsp3) is 0.667. The van der Waals surface area contributed by atoms with E-state index in [0.29, 0.717) is 0 Å². The SMILES string of the molecule is C/C=C/C=C/C(=O)NCCCN1CCN(CC)CC1. The molecule has 0 aliphatic carbocycles. The van der Waals surface area contributed by atoms with Gasteiger partial charge in [0.25, 0.3) is 0 Å². The lowest BCUT2D eigenvalue weighted by atomic mass is 10.3. The van der Waals surface area contributed by atoms with E-state index in [4.69, 9.17) is 0 Å². The van der Waals surface area contributed by atoms with Crippen molar-refractivity contribution < 1.29 is 4.79 Å². The summed E-state index contributed by atoms with van der Waals surface area (Å²) in [4.78, 5) is 16.4. The first-order valence-corrected chi connectivity index (χ1v) is 7.28. The van der Waals surface area contributed by atoms with Crippen molar-refractivity contribution in [3.63, 3.8) is 0 Å². The predicted octanol–water partition coefficient (Wildman–Crippen LogP) is 1.26. The minimum absolute atomic E-state index is 0.00565. The number of amides is 1. The van der Waals surface area contributed by atoms with Crippen LogP contribution < -0.4 is 5.32 Å². The quantitative estimate of drug-likeness (QED) is 0.428. The van der Waals surface area contributed by atoms with Crippen LogP contribution in [0.2, 0.25) is 0 Å². The summed E-state index contributed by atoms with van der Waals surface area (Å²) in [7, 11) is 0. The first-order chi connectivity index (χ1) is 9.26. The number of nitrogens with zero attached hydrogens (tertiary/aromatic N) is 2. The predicted molar refractivity (Wildman–Crippen MR) is 80.1 cm³/mol. The highest BCUT2D eigenvalue weighted by atomic mass is 16.1. The molecular weight excluding hydrogens is 238 g/mol. The molecule has 0 aromatic carbocycles. The molecule has 0 spiro atoms. The van der Waals surface area contributed by atoms with Gasteiger partial charge in [-0.25, -0.2) is 0 Å². The standard InChI is InChI=1S/C15H27N3O/c1-3-5-6-8-15(19)16-9-7-10-18-13-11-17(4-2)12-14-18/h3,5-6,8H,4,7,9-14H2,1-2H3,(H,16,19)/b5-3+,8-6+. The van der Waals surface area contributed by atoms with Crippen molar-refractivity contribution in [3.8, 4) is 0 Å². The molecule has 0 radical (unpaired) electrons. The third-order valence-corrected chi connectivity index (χ3v) is 3.41. The first kappa shape index (κ1) is 15.9. The Kier molecular flexibility index (Phi) is 8.18. The highest BCUT2D eigenvalue weighted by Crippen LogP contribution is 2.01. The molecule has 108 valence electrons. The lowest BCUT2D eigenvalue weighted by molar-refractivity contribution is -0.116. The second-order valence-electron chi connectivity index (χ2n) is 4.81. The topological polar surface area (TPSA) is 35.6 Å². The van der Waals surface area contributed by atoms with Crippen LogP contribution in [-0.4, -0.2) is 61.5 Å². The Morgan fingerprint density at radius 1 is 1.16 bits per heavy atom. The van der Waals surface area contributed by atoms with E-state index in [1.54, 1.807) is 12.2 Å². The van der Waals surface area contributed by atoms with E-state index in [-0.39, 0.29) is 5.91 Å². The summed E-state index contributed by atoms with van der Waals surface area (Å²) in [6.45, 7) is 11.8. The van der Waals surface area contributed by atoms with Crippen LogP contribution in [0.1, 0.15) is 20.3 Å². The molecule has 1 fully saturated rings. The van der Waals surface area contributed by atoms with E-state index < -0.39 is 0 Å². The van der Waals surface area contributed by atoms with Crippen LogP contribution in [0, 0.1) is 0 Å². The Bertz CT molecular complexity index is 305. The molecule has 0 bridgehead atoms. The fourth-order valence-corrected chi connectivity index (χ4v) is 2.16. The molecular formula is C15H27N3O. The largest absolute Gasteiger partial charge is 0.353 e. The number of rotatable bonds is 7. The van der Waals surface area contributed by atoms with Gasteiger partial charge in [0.2, 0.25) is 5.91 Å². The summed E-state index contributed by atoms with van der Waals surface area (Å²) in [5.74, 6) is -0.00565. The van der Waals surface area contributed by atoms with E-state index >= 15 is 0 Å². The number of likely N-dealkylation sites (N-methyl/N-ethyl adjacent to an activating group) is 1. The van der Waals surface area contributed by atoms with Crippen molar-refractivity contribution in [1.82, 2.24) is 15.1 Å². The Morgan fingerprint density at radius 2 is 1.84 bits per heavy atom. The van der Waals surface area contributed by atoms with Crippen molar-refractivity contribution in [1.29, 1.82) is 0 Å². The number of hydrogen-bond acceptors (Lipinski definition) is 3. The highest BCUT2D eigenvalue weighted by Gasteiger charge is 2.14. The van der Waals surface area contributed by atoms with Gasteiger partial charge in [-0.1, -0.05) is 25.2 Å². The maximum Gasteiger partial charge on any atom is 0.243 e. The van der Waals surface area contributed by atoms with Gasteiger partial charge < -0.3 is 15.1 Å². The van der Waals surface area contributed by atoms with E-state index in [1.807, 2.05) is 19.1 Å². The zero-order valence-corrected chi connectivity index (χ0v) is 12.3. The monoisotopic (exact) mass is 265 g/mol. The molecule has 1 amide bonds. The Hall–Kier alpha value is -1.13. The smallest absolute Gasteiger partial charge is 0.243 e. The second-order valence-corrected chi connectivity index (χ2v) is 4.81. The van der Waals surface area contributed by atoms with Gasteiger partial charge in [0.1, 0.15) is 0 Å². The van der Waals surface area contributed by atoms with Crippen molar-refractivity contribution in [2.75, 3.05) is 45.8 Å². The normalized spacial score (nSPS) is 18.4. The summed E-state index contributed by atoms with van der Waals surface area (Å²) in [5.41, 5.74) is 0. The van der Waals surface area contributed by atoms with E-state index in [0.717, 1.165) is 39.1 Å². The van der Waals surface area contributed by atoms with Crippen LogP contribution in [0.3, 0.4) is 0 Å². The summed E-state index contributed by atoms with van der Waals surface area (Å²) < 4.78 is 0. The molecule has 1 N–H and O–H groups in total. The van der Waals surface area contributed by atoms with Crippen LogP contribution in [0.25, 0.3) is 0 Å². The van der Waals surface area contributed by atoms with Gasteiger partial charge in [0, 0.05) is 38.8 Å². The van der Waals surface area contributed by atoms with Gasteiger partial charge in [-0.15, -0.1) is 0 Å². The average Bonchev–Trinajstić information content (AvgIpc) is 2.44. The van der Waals surface area contributed by atoms with Crippen molar-refractivity contribution in [2.45, 2.75) is 20.3 Å². The van der Waals surface area contributed by atoms with Crippen LogP contribution in [0.5, 0.6) is 0 Å². The first-order valence-electron chi connectivity index (χ1n) is 7.28. The van der Waals surface area contributed by atoms with E-state index in [1.165, 1.54) is 13.1 Å².